The number of hydrogen-bond acceptors (Lipinski definition) is 2. The quantitative estimate of drug-likeness (QED) is 0.850. The summed E-state index contributed by atoms with van der Waals surface area (Å²) in [5, 5.41) is 4.70. The molecule has 3 heteroatoms. The summed E-state index contributed by atoms with van der Waals surface area (Å²) < 4.78 is 5.92. The Morgan fingerprint density at radius 3 is 3.12 bits per heavy atom. The molecule has 0 aliphatic carbocycles. The van der Waals surface area contributed by atoms with Crippen LogP contribution in [-0.2, 0) is 0 Å². The summed E-state index contributed by atoms with van der Waals surface area (Å²) in [4.78, 5) is 3.23. The first-order valence-electron chi connectivity index (χ1n) is 6.36. The Morgan fingerprint density at radius 2 is 2.24 bits per heavy atom. The standard InChI is InChI=1S/C14H18N2O/c1-2-8-15-12(5-1)10-17-13-6-3-4-11-7-9-16-14(11)13/h3-4,6-7,9,12,15-16H,1-2,5,8,10H2. The second kappa shape index (κ2) is 4.80. The Labute approximate surface area is 101 Å². The van der Waals surface area contributed by atoms with Crippen molar-refractivity contribution in [3.63, 3.8) is 0 Å². The van der Waals surface area contributed by atoms with Gasteiger partial charge >= 0.3 is 0 Å². The van der Waals surface area contributed by atoms with Gasteiger partial charge in [0.2, 0.25) is 0 Å². The number of aromatic amines is 1. The molecule has 1 fully saturated rings. The van der Waals surface area contributed by atoms with Crippen LogP contribution in [0.1, 0.15) is 19.3 Å². The summed E-state index contributed by atoms with van der Waals surface area (Å²) in [6.45, 7) is 1.89. The molecule has 90 valence electrons. The predicted molar refractivity (Wildman–Crippen MR) is 69.4 cm³/mol. The lowest BCUT2D eigenvalue weighted by molar-refractivity contribution is 0.241. The summed E-state index contributed by atoms with van der Waals surface area (Å²) in [7, 11) is 0. The number of H-pyrrole nitrogens is 1. The molecule has 1 saturated heterocycles. The van der Waals surface area contributed by atoms with Gasteiger partial charge in [-0.2, -0.15) is 0 Å². The number of fused-ring (bicyclic) bond motifs is 1. The van der Waals surface area contributed by atoms with Gasteiger partial charge in [-0.25, -0.2) is 0 Å². The Bertz CT molecular complexity index is 486. The second-order valence-electron chi connectivity index (χ2n) is 4.66. The summed E-state index contributed by atoms with van der Waals surface area (Å²) in [6.07, 6.45) is 5.79. The van der Waals surface area contributed by atoms with E-state index in [0.717, 1.165) is 24.4 Å². The number of rotatable bonds is 3. The maximum atomic E-state index is 5.92. The zero-order valence-electron chi connectivity index (χ0n) is 9.91. The summed E-state index contributed by atoms with van der Waals surface area (Å²) >= 11 is 0. The smallest absolute Gasteiger partial charge is 0.143 e. The molecule has 2 heterocycles. The highest BCUT2D eigenvalue weighted by Gasteiger charge is 2.13. The van der Waals surface area contributed by atoms with Gasteiger partial charge < -0.3 is 15.0 Å². The Balaban J connectivity index is 1.69. The number of ether oxygens (including phenoxy) is 1. The summed E-state index contributed by atoms with van der Waals surface area (Å²) in [6, 6.07) is 8.74. The third kappa shape index (κ3) is 2.29. The van der Waals surface area contributed by atoms with Gasteiger partial charge in [-0.05, 0) is 31.5 Å². The van der Waals surface area contributed by atoms with Crippen molar-refractivity contribution in [3.05, 3.63) is 30.5 Å². The third-order valence-corrected chi connectivity index (χ3v) is 3.40. The summed E-state index contributed by atoms with van der Waals surface area (Å²) in [5.74, 6) is 0.958. The Hall–Kier alpha value is -1.48. The molecule has 2 N–H and O–H groups in total. The molecular weight excluding hydrogens is 212 g/mol. The number of nitrogens with one attached hydrogen (secondary N) is 2. The number of benzene rings is 1. The molecule has 0 radical (unpaired) electrons. The molecule has 1 unspecified atom stereocenters. The third-order valence-electron chi connectivity index (χ3n) is 3.40. The van der Waals surface area contributed by atoms with Crippen LogP contribution in [0.15, 0.2) is 30.5 Å². The molecular formula is C14H18N2O. The molecule has 3 nitrogen and oxygen atoms in total. The first-order valence-corrected chi connectivity index (χ1v) is 6.36. The molecule has 3 rings (SSSR count). The van der Waals surface area contributed by atoms with Crippen LogP contribution < -0.4 is 10.1 Å². The van der Waals surface area contributed by atoms with E-state index in [1.165, 1.54) is 24.6 Å². The van der Waals surface area contributed by atoms with Gasteiger partial charge in [-0.1, -0.05) is 18.6 Å². The predicted octanol–water partition coefficient (Wildman–Crippen LogP) is 2.69. The highest BCUT2D eigenvalue weighted by Crippen LogP contribution is 2.24. The van der Waals surface area contributed by atoms with Gasteiger partial charge in [0, 0.05) is 17.6 Å². The van der Waals surface area contributed by atoms with Crippen molar-refractivity contribution in [2.75, 3.05) is 13.2 Å². The van der Waals surface area contributed by atoms with Gasteiger partial charge in [-0.3, -0.25) is 0 Å². The maximum absolute atomic E-state index is 5.92. The number of para-hydroxylation sites is 1. The monoisotopic (exact) mass is 230 g/mol. The molecule has 1 atom stereocenters. The van der Waals surface area contributed by atoms with Gasteiger partial charge in [0.05, 0.1) is 5.52 Å². The molecule has 1 aliphatic rings. The molecule has 1 aromatic carbocycles. The second-order valence-corrected chi connectivity index (χ2v) is 4.66. The summed E-state index contributed by atoms with van der Waals surface area (Å²) in [5.41, 5.74) is 1.10. The number of hydrogen-bond donors (Lipinski definition) is 2. The van der Waals surface area contributed by atoms with Crippen LogP contribution in [0.4, 0.5) is 0 Å². The van der Waals surface area contributed by atoms with Crippen molar-refractivity contribution in [1.29, 1.82) is 0 Å². The fourth-order valence-corrected chi connectivity index (χ4v) is 2.43. The maximum Gasteiger partial charge on any atom is 0.143 e. The topological polar surface area (TPSA) is 37.0 Å². The van der Waals surface area contributed by atoms with Crippen LogP contribution in [0, 0.1) is 0 Å². The molecule has 2 aromatic rings. The Morgan fingerprint density at radius 1 is 1.24 bits per heavy atom. The van der Waals surface area contributed by atoms with Gasteiger partial charge in [0.1, 0.15) is 12.4 Å². The largest absolute Gasteiger partial charge is 0.490 e. The van der Waals surface area contributed by atoms with E-state index >= 15 is 0 Å². The molecule has 0 saturated carbocycles. The molecule has 0 spiro atoms. The van der Waals surface area contributed by atoms with Crippen molar-refractivity contribution in [3.8, 4) is 5.75 Å². The molecule has 0 amide bonds. The normalized spacial score (nSPS) is 20.6. The van der Waals surface area contributed by atoms with E-state index in [1.807, 2.05) is 18.3 Å². The van der Waals surface area contributed by atoms with E-state index in [0.29, 0.717) is 6.04 Å². The molecule has 1 aromatic heterocycles. The lowest BCUT2D eigenvalue weighted by atomic mass is 10.1. The molecule has 17 heavy (non-hydrogen) atoms. The van der Waals surface area contributed by atoms with Crippen LogP contribution in [0.2, 0.25) is 0 Å². The zero-order chi connectivity index (χ0) is 11.5. The lowest BCUT2D eigenvalue weighted by Gasteiger charge is -2.23. The van der Waals surface area contributed by atoms with Crippen LogP contribution in [0.3, 0.4) is 0 Å². The average molecular weight is 230 g/mol. The fourth-order valence-electron chi connectivity index (χ4n) is 2.43. The van der Waals surface area contributed by atoms with E-state index in [9.17, 15) is 0 Å². The van der Waals surface area contributed by atoms with Crippen molar-refractivity contribution < 1.29 is 4.74 Å². The minimum Gasteiger partial charge on any atom is -0.490 e. The highest BCUT2D eigenvalue weighted by molar-refractivity contribution is 5.85. The van der Waals surface area contributed by atoms with E-state index in [4.69, 9.17) is 4.74 Å². The van der Waals surface area contributed by atoms with Crippen molar-refractivity contribution in [1.82, 2.24) is 10.3 Å². The van der Waals surface area contributed by atoms with Crippen LogP contribution >= 0.6 is 0 Å². The van der Waals surface area contributed by atoms with E-state index in [2.05, 4.69) is 22.4 Å². The molecule has 0 bridgehead atoms. The average Bonchev–Trinajstić information content (AvgIpc) is 2.86. The zero-order valence-corrected chi connectivity index (χ0v) is 9.91. The van der Waals surface area contributed by atoms with E-state index in [1.54, 1.807) is 0 Å². The van der Waals surface area contributed by atoms with Gasteiger partial charge in [0.15, 0.2) is 0 Å². The van der Waals surface area contributed by atoms with Crippen molar-refractivity contribution >= 4 is 10.9 Å². The van der Waals surface area contributed by atoms with Crippen LogP contribution in [0.5, 0.6) is 5.75 Å². The molecule has 1 aliphatic heterocycles. The SMILES string of the molecule is c1cc(OCC2CCCCN2)c2[nH]ccc2c1. The van der Waals surface area contributed by atoms with Crippen LogP contribution in [0.25, 0.3) is 10.9 Å². The lowest BCUT2D eigenvalue weighted by Crippen LogP contribution is -2.38. The number of aromatic nitrogens is 1. The minimum absolute atomic E-state index is 0.508. The van der Waals surface area contributed by atoms with E-state index < -0.39 is 0 Å². The van der Waals surface area contributed by atoms with Crippen molar-refractivity contribution in [2.24, 2.45) is 0 Å². The number of piperidine rings is 1. The minimum atomic E-state index is 0.508. The first kappa shape index (κ1) is 10.7. The van der Waals surface area contributed by atoms with Crippen molar-refractivity contribution in [2.45, 2.75) is 25.3 Å². The van der Waals surface area contributed by atoms with E-state index in [-0.39, 0.29) is 0 Å². The highest BCUT2D eigenvalue weighted by atomic mass is 16.5. The van der Waals surface area contributed by atoms with Crippen LogP contribution in [-0.4, -0.2) is 24.2 Å². The van der Waals surface area contributed by atoms with Gasteiger partial charge in [-0.15, -0.1) is 0 Å². The fraction of sp³-hybridized carbons (Fsp3) is 0.429. The Kier molecular flexibility index (Phi) is 3.01. The van der Waals surface area contributed by atoms with Gasteiger partial charge in [0.25, 0.3) is 0 Å². The first-order chi connectivity index (χ1) is 8.43.